The van der Waals surface area contributed by atoms with Crippen LogP contribution in [0.1, 0.15) is 32.6 Å². The summed E-state index contributed by atoms with van der Waals surface area (Å²) in [6.45, 7) is 2.17. The van der Waals surface area contributed by atoms with Crippen molar-refractivity contribution in [2.45, 2.75) is 50.0 Å². The normalized spacial score (nSPS) is 25.6. The second kappa shape index (κ2) is 8.53. The van der Waals surface area contributed by atoms with Crippen LogP contribution in [0, 0.1) is 0 Å². The van der Waals surface area contributed by atoms with Crippen molar-refractivity contribution in [2.75, 3.05) is 40.3 Å². The van der Waals surface area contributed by atoms with Crippen molar-refractivity contribution in [1.82, 2.24) is 0 Å². The fourth-order valence-corrected chi connectivity index (χ4v) is 8.18. The molecule has 1 saturated heterocycles. The van der Waals surface area contributed by atoms with Crippen molar-refractivity contribution in [2.24, 2.45) is 0 Å². The number of nitrogens with zero attached hydrogens (tertiary/aromatic N) is 1. The van der Waals surface area contributed by atoms with E-state index in [4.69, 9.17) is 18.3 Å². The Morgan fingerprint density at radius 2 is 1.84 bits per heavy atom. The van der Waals surface area contributed by atoms with Gasteiger partial charge in [-0.25, -0.2) is 0 Å². The van der Waals surface area contributed by atoms with Crippen LogP contribution >= 0.6 is 0 Å². The van der Waals surface area contributed by atoms with E-state index in [2.05, 4.69) is 17.9 Å². The molecule has 6 heteroatoms. The minimum Gasteiger partial charge on any atom is -0.485 e. The molecule has 0 aromatic heterocycles. The van der Waals surface area contributed by atoms with Gasteiger partial charge in [-0.05, 0) is 37.4 Å². The highest BCUT2D eigenvalue weighted by molar-refractivity contribution is 6.71. The minimum absolute atomic E-state index is 0.0844. The first-order chi connectivity index (χ1) is 12.0. The lowest BCUT2D eigenvalue weighted by atomic mass is 10.0. The quantitative estimate of drug-likeness (QED) is 0.655. The van der Waals surface area contributed by atoms with Crippen LogP contribution in [0.2, 0.25) is 6.04 Å². The summed E-state index contributed by atoms with van der Waals surface area (Å²) in [5.41, 5.74) is 1.07. The van der Waals surface area contributed by atoms with Gasteiger partial charge in [0.1, 0.15) is 17.1 Å². The standard InChI is InChI=1S/C19H33NO4Si/c1-7-14-19(21-4)18(13-10-15-25(19,22-5)23-6)24-17-12-9-8-11-16(17)20(2)3/h8-9,11-12,18H,7,10,13-15H2,1-6H3. The Hall–Kier alpha value is -1.08. The summed E-state index contributed by atoms with van der Waals surface area (Å²) in [5.74, 6) is 0.882. The lowest BCUT2D eigenvalue weighted by Crippen LogP contribution is -2.71. The maximum atomic E-state index is 6.57. The number of rotatable bonds is 8. The van der Waals surface area contributed by atoms with E-state index in [1.54, 1.807) is 21.3 Å². The van der Waals surface area contributed by atoms with Gasteiger partial charge >= 0.3 is 8.56 Å². The average molecular weight is 368 g/mol. The Kier molecular flexibility index (Phi) is 6.91. The number of benzene rings is 1. The number of ether oxygens (including phenoxy) is 2. The summed E-state index contributed by atoms with van der Waals surface area (Å²) < 4.78 is 24.8. The van der Waals surface area contributed by atoms with E-state index >= 15 is 0 Å². The van der Waals surface area contributed by atoms with Crippen molar-refractivity contribution in [3.05, 3.63) is 24.3 Å². The average Bonchev–Trinajstić information content (AvgIpc) is 2.63. The second-order valence-electron chi connectivity index (χ2n) is 6.87. The van der Waals surface area contributed by atoms with E-state index in [-0.39, 0.29) is 6.10 Å². The van der Waals surface area contributed by atoms with Crippen LogP contribution in [0.3, 0.4) is 0 Å². The molecule has 1 fully saturated rings. The topological polar surface area (TPSA) is 40.2 Å². The summed E-state index contributed by atoms with van der Waals surface area (Å²) in [7, 11) is 6.80. The SMILES string of the molecule is CCCC1(OC)C(Oc2ccccc2N(C)C)CCC[Si]1(OC)OC. The number of anilines is 1. The van der Waals surface area contributed by atoms with Crippen molar-refractivity contribution in [1.29, 1.82) is 0 Å². The van der Waals surface area contributed by atoms with Crippen LogP contribution in [0.5, 0.6) is 5.75 Å². The lowest BCUT2D eigenvalue weighted by Gasteiger charge is -2.51. The van der Waals surface area contributed by atoms with Crippen LogP contribution in [0.25, 0.3) is 0 Å². The van der Waals surface area contributed by atoms with Gasteiger partial charge in [0, 0.05) is 35.4 Å². The molecule has 0 amide bonds. The van der Waals surface area contributed by atoms with E-state index in [1.807, 2.05) is 32.3 Å². The van der Waals surface area contributed by atoms with E-state index in [1.165, 1.54) is 0 Å². The highest BCUT2D eigenvalue weighted by atomic mass is 28.4. The van der Waals surface area contributed by atoms with Crippen LogP contribution in [-0.2, 0) is 13.6 Å². The predicted octanol–water partition coefficient (Wildman–Crippen LogP) is 3.75. The molecule has 1 aliphatic rings. The highest BCUT2D eigenvalue weighted by Gasteiger charge is 2.64. The fraction of sp³-hybridized carbons (Fsp3) is 0.684. The van der Waals surface area contributed by atoms with Crippen LogP contribution in [0.15, 0.2) is 24.3 Å². The summed E-state index contributed by atoms with van der Waals surface area (Å²) in [6, 6.07) is 9.07. The molecule has 1 aliphatic heterocycles. The maximum Gasteiger partial charge on any atom is 0.374 e. The first-order valence-corrected chi connectivity index (χ1v) is 11.1. The fourth-order valence-electron chi connectivity index (χ4n) is 4.19. The van der Waals surface area contributed by atoms with E-state index < -0.39 is 13.8 Å². The van der Waals surface area contributed by atoms with Crippen molar-refractivity contribution in [3.63, 3.8) is 0 Å². The molecule has 0 saturated carbocycles. The van der Waals surface area contributed by atoms with Gasteiger partial charge in [-0.15, -0.1) is 0 Å². The van der Waals surface area contributed by atoms with Crippen molar-refractivity contribution in [3.8, 4) is 5.75 Å². The zero-order valence-corrected chi connectivity index (χ0v) is 17.5. The summed E-state index contributed by atoms with van der Waals surface area (Å²) in [4.78, 5) is 2.07. The molecule has 2 unspecified atom stereocenters. The molecule has 2 rings (SSSR count). The summed E-state index contributed by atoms with van der Waals surface area (Å²) in [6.07, 6.45) is 3.74. The van der Waals surface area contributed by atoms with Crippen molar-refractivity contribution >= 4 is 14.2 Å². The smallest absolute Gasteiger partial charge is 0.374 e. The zero-order chi connectivity index (χ0) is 18.5. The largest absolute Gasteiger partial charge is 0.485 e. The highest BCUT2D eigenvalue weighted by Crippen LogP contribution is 2.45. The molecule has 25 heavy (non-hydrogen) atoms. The molecule has 1 aromatic carbocycles. The molecule has 1 heterocycles. The molecule has 2 atom stereocenters. The molecule has 1 aromatic rings. The van der Waals surface area contributed by atoms with Gasteiger partial charge < -0.3 is 23.2 Å². The number of para-hydroxylation sites is 2. The second-order valence-corrected chi connectivity index (χ2v) is 10.5. The molecule has 0 spiro atoms. The molecule has 142 valence electrons. The Bertz CT molecular complexity index is 550. The first kappa shape index (κ1) is 20.2. The Morgan fingerprint density at radius 3 is 2.40 bits per heavy atom. The van der Waals surface area contributed by atoms with Gasteiger partial charge in [0.15, 0.2) is 0 Å². The van der Waals surface area contributed by atoms with E-state index in [9.17, 15) is 0 Å². The Morgan fingerprint density at radius 1 is 1.16 bits per heavy atom. The van der Waals surface area contributed by atoms with E-state index in [0.29, 0.717) is 0 Å². The minimum atomic E-state index is -2.55. The first-order valence-electron chi connectivity index (χ1n) is 9.08. The maximum absolute atomic E-state index is 6.57. The lowest BCUT2D eigenvalue weighted by molar-refractivity contribution is -0.0846. The molecule has 0 bridgehead atoms. The van der Waals surface area contributed by atoms with Gasteiger partial charge in [-0.3, -0.25) is 0 Å². The Balaban J connectivity index is 2.44. The van der Waals surface area contributed by atoms with Gasteiger partial charge in [-0.1, -0.05) is 25.5 Å². The monoisotopic (exact) mass is 367 g/mol. The molecule has 0 N–H and O–H groups in total. The molecular weight excluding hydrogens is 334 g/mol. The Labute approximate surface area is 153 Å². The third-order valence-electron chi connectivity index (χ3n) is 5.40. The van der Waals surface area contributed by atoms with Crippen LogP contribution in [-0.4, -0.2) is 55.3 Å². The molecule has 0 aliphatic carbocycles. The van der Waals surface area contributed by atoms with Gasteiger partial charge in [0.25, 0.3) is 0 Å². The third-order valence-corrected chi connectivity index (χ3v) is 9.79. The zero-order valence-electron chi connectivity index (χ0n) is 16.5. The molecular formula is C19H33NO4Si. The van der Waals surface area contributed by atoms with Crippen molar-refractivity contribution < 1.29 is 18.3 Å². The molecule has 5 nitrogen and oxygen atoms in total. The van der Waals surface area contributed by atoms with Crippen LogP contribution < -0.4 is 9.64 Å². The predicted molar refractivity (Wildman–Crippen MR) is 104 cm³/mol. The summed E-state index contributed by atoms with van der Waals surface area (Å²) >= 11 is 0. The van der Waals surface area contributed by atoms with E-state index in [0.717, 1.165) is 43.2 Å². The van der Waals surface area contributed by atoms with Crippen LogP contribution in [0.4, 0.5) is 5.69 Å². The number of hydrogen-bond donors (Lipinski definition) is 0. The number of methoxy groups -OCH3 is 1. The number of hydrogen-bond acceptors (Lipinski definition) is 5. The molecule has 0 radical (unpaired) electrons. The summed E-state index contributed by atoms with van der Waals surface area (Å²) in [5, 5.41) is -0.511. The third kappa shape index (κ3) is 3.58. The van der Waals surface area contributed by atoms with Gasteiger partial charge in [0.2, 0.25) is 0 Å². The van der Waals surface area contributed by atoms with Gasteiger partial charge in [0.05, 0.1) is 5.69 Å². The van der Waals surface area contributed by atoms with Gasteiger partial charge in [-0.2, -0.15) is 0 Å².